The van der Waals surface area contributed by atoms with Crippen molar-refractivity contribution in [1.29, 1.82) is 0 Å². The Morgan fingerprint density at radius 3 is 3.22 bits per heavy atom. The Bertz CT molecular complexity index is 375. The highest BCUT2D eigenvalue weighted by Gasteiger charge is 2.26. The second-order valence-corrected chi connectivity index (χ2v) is 3.27. The van der Waals surface area contributed by atoms with Crippen LogP contribution in [0.1, 0.15) is 30.5 Å². The smallest absolute Gasteiger partial charge is 0.117 e. The third kappa shape index (κ3) is 1.17. The van der Waals surface area contributed by atoms with Gasteiger partial charge in [0.15, 0.2) is 0 Å². The minimum Gasteiger partial charge on any atom is -0.234 e. The largest absolute Gasteiger partial charge is 0.234 e. The predicted molar refractivity (Wildman–Crippen MR) is 41.8 cm³/mol. The van der Waals surface area contributed by atoms with E-state index in [-0.39, 0.29) is 5.01 Å². The first kappa shape index (κ1) is 2.62. The van der Waals surface area contributed by atoms with Crippen LogP contribution in [-0.2, 0) is 0 Å². The third-order valence-corrected chi connectivity index (χ3v) is 2.51. The molecule has 0 saturated heterocycles. The maximum absolute atomic E-state index is 7.78. The van der Waals surface area contributed by atoms with Crippen molar-refractivity contribution < 1.29 is 6.85 Å². The summed E-state index contributed by atoms with van der Waals surface area (Å²) in [4.78, 5) is 3.90. The first-order chi connectivity index (χ1) is 6.25. The molecule has 0 aromatic carbocycles. The van der Waals surface area contributed by atoms with Crippen LogP contribution in [0.15, 0.2) is 9.98 Å². The Balaban J connectivity index is 2.47. The Kier molecular flexibility index (Phi) is 0.600. The molecule has 48 valence electrons. The summed E-state index contributed by atoms with van der Waals surface area (Å²) in [7, 11) is 0. The van der Waals surface area contributed by atoms with E-state index < -0.39 is 18.6 Å². The van der Waals surface area contributed by atoms with Crippen LogP contribution in [0.3, 0.4) is 0 Å². The van der Waals surface area contributed by atoms with E-state index in [0.29, 0.717) is 4.60 Å². The van der Waals surface area contributed by atoms with E-state index in [0.717, 1.165) is 11.3 Å². The molecule has 0 aliphatic heterocycles. The molecule has 0 amide bonds. The SMILES string of the molecule is [2H]C1([2H])C([2H])([2H])C1([2H])c1nc(Br)cs1. The Hall–Kier alpha value is 0.110. The molecular weight excluding hydrogens is 198 g/mol. The number of thiazole rings is 1. The van der Waals surface area contributed by atoms with Crippen LogP contribution in [-0.4, -0.2) is 4.98 Å². The minimum atomic E-state index is -2.16. The Labute approximate surface area is 73.3 Å². The van der Waals surface area contributed by atoms with Gasteiger partial charge in [0.05, 0.1) is 5.01 Å². The summed E-state index contributed by atoms with van der Waals surface area (Å²) in [5, 5.41) is 1.80. The summed E-state index contributed by atoms with van der Waals surface area (Å²) in [5.74, 6) is -1.85. The molecule has 1 aliphatic carbocycles. The average Bonchev–Trinajstić information content (AvgIpc) is 2.43. The van der Waals surface area contributed by atoms with Gasteiger partial charge in [-0.1, -0.05) is 0 Å². The molecule has 0 radical (unpaired) electrons. The standard InChI is InChI=1S/C6H6BrNS/c7-5-3-9-6(8-5)4-1-2-4/h3-4H,1-2H2/i1D2,2D2,4D. The lowest BCUT2D eigenvalue weighted by Gasteiger charge is -1.81. The van der Waals surface area contributed by atoms with Gasteiger partial charge in [0.1, 0.15) is 4.60 Å². The van der Waals surface area contributed by atoms with Crippen LogP contribution >= 0.6 is 27.3 Å². The van der Waals surface area contributed by atoms with Gasteiger partial charge in [-0.15, -0.1) is 11.3 Å². The molecule has 1 aromatic rings. The zero-order chi connectivity index (χ0) is 10.8. The molecule has 1 saturated carbocycles. The summed E-state index contributed by atoms with van der Waals surface area (Å²) in [6, 6.07) is 0. The van der Waals surface area contributed by atoms with Crippen LogP contribution in [0.25, 0.3) is 0 Å². The second kappa shape index (κ2) is 2.06. The average molecular weight is 209 g/mol. The first-order valence-electron chi connectivity index (χ1n) is 4.86. The number of hydrogen-bond acceptors (Lipinski definition) is 2. The molecule has 2 rings (SSSR count). The van der Waals surface area contributed by atoms with Crippen molar-refractivity contribution in [2.75, 3.05) is 0 Å². The topological polar surface area (TPSA) is 12.9 Å². The van der Waals surface area contributed by atoms with Crippen molar-refractivity contribution in [2.24, 2.45) is 0 Å². The molecule has 9 heavy (non-hydrogen) atoms. The molecule has 1 aromatic heterocycles. The molecule has 0 bridgehead atoms. The molecule has 0 spiro atoms. The van der Waals surface area contributed by atoms with Crippen LogP contribution in [0.4, 0.5) is 0 Å². The van der Waals surface area contributed by atoms with Gasteiger partial charge in [0.25, 0.3) is 0 Å². The summed E-state index contributed by atoms with van der Waals surface area (Å²) in [6.07, 6.45) is -4.31. The number of rotatable bonds is 1. The van der Waals surface area contributed by atoms with Gasteiger partial charge in [0.2, 0.25) is 0 Å². The lowest BCUT2D eigenvalue weighted by Crippen LogP contribution is -1.72. The number of aromatic nitrogens is 1. The molecule has 0 atom stereocenters. The lowest BCUT2D eigenvalue weighted by atomic mass is 10.5. The maximum Gasteiger partial charge on any atom is 0.117 e. The quantitative estimate of drug-likeness (QED) is 0.692. The predicted octanol–water partition coefficient (Wildman–Crippen LogP) is 2.78. The maximum atomic E-state index is 7.78. The van der Waals surface area contributed by atoms with Crippen LogP contribution in [0, 0.1) is 0 Å². The highest BCUT2D eigenvalue weighted by Crippen LogP contribution is 2.41. The van der Waals surface area contributed by atoms with Crippen LogP contribution in [0.5, 0.6) is 0 Å². The normalized spacial score (nSPS) is 41.2. The van der Waals surface area contributed by atoms with Crippen molar-refractivity contribution >= 4 is 27.3 Å². The van der Waals surface area contributed by atoms with E-state index in [1.165, 1.54) is 0 Å². The highest BCUT2D eigenvalue weighted by molar-refractivity contribution is 9.10. The van der Waals surface area contributed by atoms with Gasteiger partial charge in [-0.05, 0) is 28.7 Å². The fraction of sp³-hybridized carbons (Fsp3) is 0.500. The molecule has 1 aliphatic rings. The van der Waals surface area contributed by atoms with E-state index >= 15 is 0 Å². The molecule has 1 heterocycles. The van der Waals surface area contributed by atoms with Crippen molar-refractivity contribution in [1.82, 2.24) is 4.98 Å². The van der Waals surface area contributed by atoms with Gasteiger partial charge in [-0.25, -0.2) is 4.98 Å². The zero-order valence-corrected chi connectivity index (χ0v) is 6.71. The van der Waals surface area contributed by atoms with Gasteiger partial charge in [0, 0.05) is 18.1 Å². The molecule has 0 unspecified atom stereocenters. The molecule has 1 fully saturated rings. The van der Waals surface area contributed by atoms with Crippen molar-refractivity contribution in [3.05, 3.63) is 15.0 Å². The molecule has 0 N–H and O–H groups in total. The molecule has 1 nitrogen and oxygen atoms in total. The Morgan fingerprint density at radius 2 is 2.78 bits per heavy atom. The monoisotopic (exact) mass is 208 g/mol. The zero-order valence-electron chi connectivity index (χ0n) is 9.31. The third-order valence-electron chi connectivity index (χ3n) is 0.940. The van der Waals surface area contributed by atoms with Crippen molar-refractivity contribution in [2.45, 2.75) is 18.6 Å². The van der Waals surface area contributed by atoms with Gasteiger partial charge >= 0.3 is 0 Å². The van der Waals surface area contributed by atoms with Crippen molar-refractivity contribution in [3.63, 3.8) is 0 Å². The number of nitrogens with zero attached hydrogens (tertiary/aromatic N) is 1. The van der Waals surface area contributed by atoms with Crippen LogP contribution < -0.4 is 0 Å². The van der Waals surface area contributed by atoms with Gasteiger partial charge in [-0.3, -0.25) is 0 Å². The first-order valence-corrected chi connectivity index (χ1v) is 4.04. The van der Waals surface area contributed by atoms with E-state index in [2.05, 4.69) is 20.9 Å². The van der Waals surface area contributed by atoms with E-state index in [1.54, 1.807) is 5.38 Å². The number of halogens is 1. The van der Waals surface area contributed by atoms with E-state index in [1.807, 2.05) is 0 Å². The summed E-state index contributed by atoms with van der Waals surface area (Å²) in [6.45, 7) is 0. The highest BCUT2D eigenvalue weighted by atomic mass is 79.9. The van der Waals surface area contributed by atoms with E-state index in [4.69, 9.17) is 6.85 Å². The second-order valence-electron chi connectivity index (χ2n) is 1.60. The van der Waals surface area contributed by atoms with Gasteiger partial charge < -0.3 is 0 Å². The summed E-state index contributed by atoms with van der Waals surface area (Å²) >= 11 is 4.20. The minimum absolute atomic E-state index is 0.180. The Morgan fingerprint density at radius 1 is 2.00 bits per heavy atom. The lowest BCUT2D eigenvalue weighted by molar-refractivity contribution is 1.07. The molecular formula is C6H6BrNS. The number of hydrogen-bond donors (Lipinski definition) is 0. The molecule has 3 heteroatoms. The summed E-state index contributed by atoms with van der Waals surface area (Å²) in [5.41, 5.74) is 0. The van der Waals surface area contributed by atoms with Crippen LogP contribution in [0.2, 0.25) is 0 Å². The fourth-order valence-electron chi connectivity index (χ4n) is 0.507. The van der Waals surface area contributed by atoms with Crippen molar-refractivity contribution in [3.8, 4) is 0 Å². The fourth-order valence-corrected chi connectivity index (χ4v) is 1.71. The summed E-state index contributed by atoms with van der Waals surface area (Å²) < 4.78 is 37.9. The van der Waals surface area contributed by atoms with Gasteiger partial charge in [-0.2, -0.15) is 0 Å². The van der Waals surface area contributed by atoms with E-state index in [9.17, 15) is 0 Å².